The predicted molar refractivity (Wildman–Crippen MR) is 72.9 cm³/mol. The number of carbonyl (C=O) groups is 1. The Kier molecular flexibility index (Phi) is 4.87. The first kappa shape index (κ1) is 14.7. The van der Waals surface area contributed by atoms with E-state index in [2.05, 4.69) is 29.7 Å². The maximum Gasteiger partial charge on any atom is 0.322 e. The maximum atomic E-state index is 11.3. The van der Waals surface area contributed by atoms with E-state index < -0.39 is 12.0 Å². The lowest BCUT2D eigenvalue weighted by Crippen LogP contribution is -2.44. The van der Waals surface area contributed by atoms with Gasteiger partial charge in [-0.2, -0.15) is 0 Å². The molecule has 0 amide bonds. The van der Waals surface area contributed by atoms with Gasteiger partial charge in [-0.3, -0.25) is 4.79 Å². The maximum absolute atomic E-state index is 11.3. The molecule has 1 aromatic carbocycles. The summed E-state index contributed by atoms with van der Waals surface area (Å²) >= 11 is 0. The van der Waals surface area contributed by atoms with Crippen LogP contribution in [0.2, 0.25) is 0 Å². The van der Waals surface area contributed by atoms with Gasteiger partial charge in [-0.25, -0.2) is 0 Å². The zero-order valence-corrected chi connectivity index (χ0v) is 11.7. The molecule has 4 heteroatoms. The summed E-state index contributed by atoms with van der Waals surface area (Å²) in [6.45, 7) is 6.12. The van der Waals surface area contributed by atoms with Gasteiger partial charge in [0.05, 0.1) is 6.04 Å². The zero-order chi connectivity index (χ0) is 13.9. The Labute approximate surface area is 108 Å². The Morgan fingerprint density at radius 1 is 1.06 bits per heavy atom. The highest BCUT2D eigenvalue weighted by Crippen LogP contribution is 2.24. The minimum atomic E-state index is -0.852. The molecular weight excluding hydrogens is 228 g/mol. The summed E-state index contributed by atoms with van der Waals surface area (Å²) in [7, 11) is 3.45. The van der Waals surface area contributed by atoms with Crippen molar-refractivity contribution in [1.29, 1.82) is 0 Å². The normalized spacial score (nSPS) is 14.3. The van der Waals surface area contributed by atoms with Gasteiger partial charge in [-0.05, 0) is 57.1 Å². The fourth-order valence-corrected chi connectivity index (χ4v) is 2.25. The molecule has 0 aliphatic rings. The molecule has 2 unspecified atom stereocenters. The van der Waals surface area contributed by atoms with Crippen LogP contribution in [0, 0.1) is 20.8 Å². The van der Waals surface area contributed by atoms with Crippen molar-refractivity contribution in [1.82, 2.24) is 10.6 Å². The molecule has 0 aliphatic carbocycles. The molecule has 1 rings (SSSR count). The molecule has 0 heterocycles. The summed E-state index contributed by atoms with van der Waals surface area (Å²) in [5, 5.41) is 15.2. The van der Waals surface area contributed by atoms with Crippen LogP contribution in [-0.4, -0.2) is 31.2 Å². The lowest BCUT2D eigenvalue weighted by molar-refractivity contribution is -0.140. The van der Waals surface area contributed by atoms with Gasteiger partial charge in [0, 0.05) is 0 Å². The van der Waals surface area contributed by atoms with E-state index in [0.717, 1.165) is 11.1 Å². The molecule has 100 valence electrons. The van der Waals surface area contributed by atoms with Crippen LogP contribution in [0.25, 0.3) is 0 Å². The summed E-state index contributed by atoms with van der Waals surface area (Å²) in [6.07, 6.45) is 0. The molecule has 0 saturated heterocycles. The average molecular weight is 250 g/mol. The van der Waals surface area contributed by atoms with Crippen molar-refractivity contribution in [2.75, 3.05) is 14.1 Å². The van der Waals surface area contributed by atoms with Gasteiger partial charge in [0.2, 0.25) is 0 Å². The Morgan fingerprint density at radius 3 is 2.06 bits per heavy atom. The summed E-state index contributed by atoms with van der Waals surface area (Å²) in [4.78, 5) is 11.3. The van der Waals surface area contributed by atoms with Gasteiger partial charge in [0.25, 0.3) is 0 Å². The lowest BCUT2D eigenvalue weighted by Gasteiger charge is -2.26. The Bertz CT molecular complexity index is 444. The number of hydrogen-bond donors (Lipinski definition) is 3. The van der Waals surface area contributed by atoms with E-state index in [1.165, 1.54) is 11.1 Å². The van der Waals surface area contributed by atoms with E-state index in [1.807, 2.05) is 13.8 Å². The van der Waals surface area contributed by atoms with E-state index in [1.54, 1.807) is 14.1 Å². The molecule has 0 spiro atoms. The van der Waals surface area contributed by atoms with Crippen LogP contribution >= 0.6 is 0 Å². The molecule has 1 aromatic rings. The third-order valence-corrected chi connectivity index (χ3v) is 3.44. The SMILES string of the molecule is CNC(C(=O)O)C(NC)c1cc(C)c(C)cc1C. The van der Waals surface area contributed by atoms with Crippen LogP contribution < -0.4 is 10.6 Å². The lowest BCUT2D eigenvalue weighted by atomic mass is 9.92. The second-order valence-corrected chi connectivity index (χ2v) is 4.66. The van der Waals surface area contributed by atoms with Crippen molar-refractivity contribution < 1.29 is 9.90 Å². The smallest absolute Gasteiger partial charge is 0.322 e. The first-order valence-corrected chi connectivity index (χ1v) is 6.07. The molecule has 3 N–H and O–H groups in total. The van der Waals surface area contributed by atoms with Gasteiger partial charge < -0.3 is 15.7 Å². The number of likely N-dealkylation sites (N-methyl/N-ethyl adjacent to an activating group) is 2. The predicted octanol–water partition coefficient (Wildman–Crippen LogP) is 1.54. The van der Waals surface area contributed by atoms with E-state index >= 15 is 0 Å². The molecule has 0 fully saturated rings. The zero-order valence-electron chi connectivity index (χ0n) is 11.7. The van der Waals surface area contributed by atoms with E-state index in [9.17, 15) is 9.90 Å². The number of aryl methyl sites for hydroxylation is 3. The topological polar surface area (TPSA) is 61.4 Å². The Hall–Kier alpha value is -1.39. The highest BCUT2D eigenvalue weighted by Gasteiger charge is 2.27. The van der Waals surface area contributed by atoms with Crippen molar-refractivity contribution in [2.24, 2.45) is 0 Å². The first-order chi connectivity index (χ1) is 8.42. The number of aliphatic carboxylic acids is 1. The fraction of sp³-hybridized carbons (Fsp3) is 0.500. The van der Waals surface area contributed by atoms with Crippen molar-refractivity contribution in [3.05, 3.63) is 34.4 Å². The van der Waals surface area contributed by atoms with Crippen LogP contribution in [0.3, 0.4) is 0 Å². The van der Waals surface area contributed by atoms with Crippen LogP contribution in [0.1, 0.15) is 28.3 Å². The largest absolute Gasteiger partial charge is 0.480 e. The molecular formula is C14H22N2O2. The number of nitrogens with one attached hydrogen (secondary N) is 2. The minimum Gasteiger partial charge on any atom is -0.480 e. The van der Waals surface area contributed by atoms with E-state index in [4.69, 9.17) is 0 Å². The summed E-state index contributed by atoms with van der Waals surface area (Å²) < 4.78 is 0. The number of carboxylic acids is 1. The van der Waals surface area contributed by atoms with Crippen molar-refractivity contribution >= 4 is 5.97 Å². The van der Waals surface area contributed by atoms with Gasteiger partial charge in [-0.1, -0.05) is 12.1 Å². The molecule has 4 nitrogen and oxygen atoms in total. The van der Waals surface area contributed by atoms with Crippen molar-refractivity contribution in [2.45, 2.75) is 32.9 Å². The number of benzene rings is 1. The minimum absolute atomic E-state index is 0.244. The number of carboxylic acid groups (broad SMARTS) is 1. The highest BCUT2D eigenvalue weighted by molar-refractivity contribution is 5.75. The van der Waals surface area contributed by atoms with Crippen molar-refractivity contribution in [3.8, 4) is 0 Å². The van der Waals surface area contributed by atoms with Gasteiger partial charge in [0.15, 0.2) is 0 Å². The van der Waals surface area contributed by atoms with E-state index in [-0.39, 0.29) is 6.04 Å². The van der Waals surface area contributed by atoms with Gasteiger partial charge >= 0.3 is 5.97 Å². The molecule has 0 saturated carbocycles. The van der Waals surface area contributed by atoms with Gasteiger partial charge in [0.1, 0.15) is 6.04 Å². The number of rotatable bonds is 5. The van der Waals surface area contributed by atoms with E-state index in [0.29, 0.717) is 0 Å². The summed E-state index contributed by atoms with van der Waals surface area (Å²) in [5.74, 6) is -0.852. The molecule has 0 radical (unpaired) electrons. The Morgan fingerprint density at radius 2 is 1.61 bits per heavy atom. The molecule has 0 bridgehead atoms. The van der Waals surface area contributed by atoms with Crippen LogP contribution in [0.5, 0.6) is 0 Å². The Balaban J connectivity index is 3.24. The highest BCUT2D eigenvalue weighted by atomic mass is 16.4. The van der Waals surface area contributed by atoms with Crippen LogP contribution in [0.4, 0.5) is 0 Å². The molecule has 0 aromatic heterocycles. The molecule has 18 heavy (non-hydrogen) atoms. The number of hydrogen-bond acceptors (Lipinski definition) is 3. The fourth-order valence-electron chi connectivity index (χ4n) is 2.25. The average Bonchev–Trinajstić information content (AvgIpc) is 2.30. The molecule has 0 aliphatic heterocycles. The van der Waals surface area contributed by atoms with Crippen molar-refractivity contribution in [3.63, 3.8) is 0 Å². The summed E-state index contributed by atoms with van der Waals surface area (Å²) in [5.41, 5.74) is 4.54. The van der Waals surface area contributed by atoms with Crippen LogP contribution in [-0.2, 0) is 4.79 Å². The summed E-state index contributed by atoms with van der Waals surface area (Å²) in [6, 6.07) is 3.28. The first-order valence-electron chi connectivity index (χ1n) is 6.07. The third kappa shape index (κ3) is 2.89. The molecule has 2 atom stereocenters. The third-order valence-electron chi connectivity index (χ3n) is 3.44. The van der Waals surface area contributed by atoms with Crippen LogP contribution in [0.15, 0.2) is 12.1 Å². The second kappa shape index (κ2) is 5.98. The second-order valence-electron chi connectivity index (χ2n) is 4.66. The van der Waals surface area contributed by atoms with Gasteiger partial charge in [-0.15, -0.1) is 0 Å². The quantitative estimate of drug-likeness (QED) is 0.742. The monoisotopic (exact) mass is 250 g/mol. The standard InChI is InChI=1S/C14H22N2O2/c1-8-6-10(3)11(7-9(8)2)12(15-4)13(16-5)14(17)18/h6-7,12-13,15-16H,1-5H3,(H,17,18).